The molecule has 1 aromatic heterocycles. The van der Waals surface area contributed by atoms with E-state index >= 15 is 0 Å². The van der Waals surface area contributed by atoms with Gasteiger partial charge in [0.1, 0.15) is 12.5 Å². The van der Waals surface area contributed by atoms with E-state index in [0.29, 0.717) is 12.5 Å². The standard InChI is InChI=1S/C6H10N5O/c1-2-11-5-8-10-6(11)7-3-4-9-12/h5,12H,2-3H2,1H3,(H,7,10). The molecule has 0 unspecified atom stereocenters. The molecule has 0 amide bonds. The van der Waals surface area contributed by atoms with Crippen molar-refractivity contribution in [1.82, 2.24) is 14.8 Å². The molecule has 0 spiro atoms. The number of hydrogen-bond acceptors (Lipinski definition) is 5. The maximum Gasteiger partial charge on any atom is 0.224 e. The number of nitrogens with one attached hydrogen (secondary N) is 1. The van der Waals surface area contributed by atoms with Crippen LogP contribution in [0.25, 0.3) is 0 Å². The number of rotatable bonds is 4. The average molecular weight is 168 g/mol. The van der Waals surface area contributed by atoms with E-state index in [2.05, 4.69) is 26.9 Å². The van der Waals surface area contributed by atoms with Gasteiger partial charge in [-0.15, -0.1) is 10.2 Å². The second kappa shape index (κ2) is 4.32. The van der Waals surface area contributed by atoms with Crippen molar-refractivity contribution in [2.75, 3.05) is 11.9 Å². The summed E-state index contributed by atoms with van der Waals surface area (Å²) in [5.41, 5.74) is 0. The summed E-state index contributed by atoms with van der Waals surface area (Å²) in [6.07, 6.45) is 3.95. The Kier molecular flexibility index (Phi) is 3.06. The summed E-state index contributed by atoms with van der Waals surface area (Å²) in [4.78, 5) is 0. The second-order valence-corrected chi connectivity index (χ2v) is 2.05. The first kappa shape index (κ1) is 8.51. The number of aromatic nitrogens is 3. The Morgan fingerprint density at radius 3 is 3.33 bits per heavy atom. The quantitative estimate of drug-likeness (QED) is 0.378. The van der Waals surface area contributed by atoms with Gasteiger partial charge in [-0.2, -0.15) is 0 Å². The molecule has 0 atom stereocenters. The number of hydrogen-bond donors (Lipinski definition) is 2. The number of aryl methyl sites for hydroxylation is 1. The Hall–Kier alpha value is -1.59. The molecule has 0 aliphatic carbocycles. The van der Waals surface area contributed by atoms with Crippen LogP contribution in [0.5, 0.6) is 0 Å². The van der Waals surface area contributed by atoms with Crippen molar-refractivity contribution in [2.45, 2.75) is 13.5 Å². The lowest BCUT2D eigenvalue weighted by Gasteiger charge is -2.01. The van der Waals surface area contributed by atoms with Gasteiger partial charge in [-0.25, -0.2) is 0 Å². The van der Waals surface area contributed by atoms with Crippen LogP contribution in [0.1, 0.15) is 6.92 Å². The molecule has 0 aromatic carbocycles. The monoisotopic (exact) mass is 168 g/mol. The molecule has 1 aromatic rings. The zero-order chi connectivity index (χ0) is 8.81. The fourth-order valence-corrected chi connectivity index (χ4v) is 0.777. The van der Waals surface area contributed by atoms with E-state index in [1.807, 2.05) is 11.5 Å². The Bertz CT molecular complexity index is 256. The first-order valence-corrected chi connectivity index (χ1v) is 3.57. The highest BCUT2D eigenvalue weighted by Gasteiger charge is 1.98. The summed E-state index contributed by atoms with van der Waals surface area (Å²) in [7, 11) is 0. The summed E-state index contributed by atoms with van der Waals surface area (Å²) < 4.78 is 1.83. The summed E-state index contributed by atoms with van der Waals surface area (Å²) in [5, 5.41) is 21.1. The van der Waals surface area contributed by atoms with E-state index in [1.54, 1.807) is 6.33 Å². The molecule has 0 saturated heterocycles. The molecule has 6 nitrogen and oxygen atoms in total. The number of anilines is 1. The van der Waals surface area contributed by atoms with Crippen molar-refractivity contribution in [1.29, 1.82) is 0 Å². The molecule has 12 heavy (non-hydrogen) atoms. The van der Waals surface area contributed by atoms with Gasteiger partial charge in [0, 0.05) is 6.54 Å². The van der Waals surface area contributed by atoms with Crippen molar-refractivity contribution < 1.29 is 5.21 Å². The van der Waals surface area contributed by atoms with Crippen LogP contribution in [0, 0.1) is 0 Å². The predicted molar refractivity (Wildman–Crippen MR) is 43.4 cm³/mol. The molecule has 1 radical (unpaired) electrons. The van der Waals surface area contributed by atoms with Gasteiger partial charge in [0.15, 0.2) is 0 Å². The van der Waals surface area contributed by atoms with Crippen molar-refractivity contribution >= 4 is 12.2 Å². The highest BCUT2D eigenvalue weighted by Crippen LogP contribution is 1.99. The smallest absolute Gasteiger partial charge is 0.224 e. The second-order valence-electron chi connectivity index (χ2n) is 2.05. The molecule has 1 rings (SSSR count). The van der Waals surface area contributed by atoms with Gasteiger partial charge < -0.3 is 15.1 Å². The fourth-order valence-electron chi connectivity index (χ4n) is 0.777. The van der Waals surface area contributed by atoms with Crippen LogP contribution in [0.4, 0.5) is 5.95 Å². The van der Waals surface area contributed by atoms with Crippen LogP contribution < -0.4 is 5.32 Å². The zero-order valence-corrected chi connectivity index (χ0v) is 6.73. The Morgan fingerprint density at radius 2 is 2.67 bits per heavy atom. The summed E-state index contributed by atoms with van der Waals surface area (Å²) in [5.74, 6) is 0.647. The third-order valence-electron chi connectivity index (χ3n) is 1.35. The normalized spacial score (nSPS) is 10.8. The van der Waals surface area contributed by atoms with Gasteiger partial charge in [-0.05, 0) is 6.92 Å². The third-order valence-corrected chi connectivity index (χ3v) is 1.35. The lowest BCUT2D eigenvalue weighted by Crippen LogP contribution is -2.08. The first-order chi connectivity index (χ1) is 5.88. The Morgan fingerprint density at radius 1 is 1.83 bits per heavy atom. The molecular weight excluding hydrogens is 158 g/mol. The van der Waals surface area contributed by atoms with Crippen LogP contribution >= 0.6 is 0 Å². The number of nitrogens with zero attached hydrogens (tertiary/aromatic N) is 4. The Labute approximate surface area is 69.9 Å². The van der Waals surface area contributed by atoms with Crippen LogP contribution in [0.2, 0.25) is 0 Å². The summed E-state index contributed by atoms with van der Waals surface area (Å²) >= 11 is 0. The molecule has 2 N–H and O–H groups in total. The van der Waals surface area contributed by atoms with Crippen molar-refractivity contribution in [2.24, 2.45) is 5.16 Å². The van der Waals surface area contributed by atoms with Gasteiger partial charge >= 0.3 is 0 Å². The highest BCUT2D eigenvalue weighted by molar-refractivity contribution is 5.62. The minimum Gasteiger partial charge on any atom is -0.411 e. The molecule has 6 heteroatoms. The van der Waals surface area contributed by atoms with Crippen molar-refractivity contribution in [3.63, 3.8) is 0 Å². The molecule has 1 heterocycles. The minimum absolute atomic E-state index is 0.315. The van der Waals surface area contributed by atoms with Gasteiger partial charge in [0.25, 0.3) is 0 Å². The maximum absolute atomic E-state index is 8.05. The van der Waals surface area contributed by atoms with E-state index < -0.39 is 0 Å². The molecule has 65 valence electrons. The van der Waals surface area contributed by atoms with Gasteiger partial charge in [-0.3, -0.25) is 0 Å². The minimum atomic E-state index is 0.315. The summed E-state index contributed by atoms with van der Waals surface area (Å²) in [6.45, 7) is 3.10. The molecule has 0 bridgehead atoms. The molecule has 0 aliphatic rings. The lowest BCUT2D eigenvalue weighted by atomic mass is 10.6. The van der Waals surface area contributed by atoms with Crippen LogP contribution in [-0.2, 0) is 6.54 Å². The lowest BCUT2D eigenvalue weighted by molar-refractivity contribution is 0.321. The van der Waals surface area contributed by atoms with E-state index in [4.69, 9.17) is 5.21 Å². The van der Waals surface area contributed by atoms with Gasteiger partial charge in [0.2, 0.25) is 5.95 Å². The van der Waals surface area contributed by atoms with E-state index in [9.17, 15) is 0 Å². The zero-order valence-electron chi connectivity index (χ0n) is 6.73. The Balaban J connectivity index is 2.50. The van der Waals surface area contributed by atoms with Crippen LogP contribution in [0.15, 0.2) is 11.5 Å². The highest BCUT2D eigenvalue weighted by atomic mass is 16.4. The first-order valence-electron chi connectivity index (χ1n) is 3.57. The molecule has 0 fully saturated rings. The van der Waals surface area contributed by atoms with Gasteiger partial charge in [-0.1, -0.05) is 5.16 Å². The van der Waals surface area contributed by atoms with E-state index in [0.717, 1.165) is 6.54 Å². The third kappa shape index (κ3) is 1.94. The molecule has 0 aliphatic heterocycles. The van der Waals surface area contributed by atoms with Crippen molar-refractivity contribution in [3.05, 3.63) is 6.33 Å². The van der Waals surface area contributed by atoms with E-state index in [-0.39, 0.29) is 0 Å². The molecule has 0 saturated carbocycles. The summed E-state index contributed by atoms with van der Waals surface area (Å²) in [6, 6.07) is 0. The maximum atomic E-state index is 8.05. The van der Waals surface area contributed by atoms with Crippen LogP contribution in [0.3, 0.4) is 0 Å². The predicted octanol–water partition coefficient (Wildman–Crippen LogP) is 0.0469. The average Bonchev–Trinajstić information content (AvgIpc) is 2.52. The van der Waals surface area contributed by atoms with E-state index in [1.165, 1.54) is 0 Å². The fraction of sp³-hybridized carbons (Fsp3) is 0.500. The molecular formula is C6H10N5O. The SMILES string of the molecule is CCn1cnnc1NC[C]=NO. The largest absolute Gasteiger partial charge is 0.411 e. The van der Waals surface area contributed by atoms with Gasteiger partial charge in [0.05, 0.1) is 6.54 Å². The van der Waals surface area contributed by atoms with Crippen molar-refractivity contribution in [3.8, 4) is 0 Å². The topological polar surface area (TPSA) is 75.3 Å². The van der Waals surface area contributed by atoms with Crippen LogP contribution in [-0.4, -0.2) is 32.7 Å².